The number of nitrogens with zero attached hydrogens (tertiary/aromatic N) is 3. The molecule has 0 spiro atoms. The Morgan fingerprint density at radius 3 is 2.85 bits per heavy atom. The quantitative estimate of drug-likeness (QED) is 0.894. The van der Waals surface area contributed by atoms with Crippen molar-refractivity contribution in [1.82, 2.24) is 14.8 Å². The first-order valence-electron chi connectivity index (χ1n) is 6.67. The molecule has 1 aliphatic rings. The number of methoxy groups -OCH3 is 1. The van der Waals surface area contributed by atoms with Gasteiger partial charge in [-0.25, -0.2) is 4.68 Å². The fourth-order valence-electron chi connectivity index (χ4n) is 2.56. The number of benzene rings is 1. The fraction of sp³-hybridized carbons (Fsp3) is 0.429. The SMILES string of the molecule is COCc1nc2n(n1)[C@H](c1ccc(O)cc1)C[C@@H](C)N2. The molecule has 0 amide bonds. The molecule has 106 valence electrons. The summed E-state index contributed by atoms with van der Waals surface area (Å²) < 4.78 is 6.99. The van der Waals surface area contributed by atoms with Crippen molar-refractivity contribution >= 4 is 5.95 Å². The molecule has 1 aliphatic heterocycles. The van der Waals surface area contributed by atoms with Crippen LogP contribution >= 0.6 is 0 Å². The van der Waals surface area contributed by atoms with E-state index in [0.717, 1.165) is 17.9 Å². The van der Waals surface area contributed by atoms with Crippen molar-refractivity contribution in [3.8, 4) is 5.75 Å². The minimum absolute atomic E-state index is 0.125. The molecule has 0 saturated heterocycles. The van der Waals surface area contributed by atoms with Gasteiger partial charge in [-0.05, 0) is 31.0 Å². The lowest BCUT2D eigenvalue weighted by Gasteiger charge is -2.29. The molecule has 2 aromatic rings. The average Bonchev–Trinajstić information content (AvgIpc) is 2.81. The van der Waals surface area contributed by atoms with Crippen molar-refractivity contribution in [3.05, 3.63) is 35.7 Å². The number of fused-ring (bicyclic) bond motifs is 1. The van der Waals surface area contributed by atoms with Gasteiger partial charge in [-0.3, -0.25) is 0 Å². The minimum atomic E-state index is 0.125. The number of aromatic hydroxyl groups is 1. The highest BCUT2D eigenvalue weighted by atomic mass is 16.5. The van der Waals surface area contributed by atoms with Gasteiger partial charge < -0.3 is 15.2 Å². The Labute approximate surface area is 117 Å². The van der Waals surface area contributed by atoms with Crippen LogP contribution in [0.4, 0.5) is 5.95 Å². The van der Waals surface area contributed by atoms with Gasteiger partial charge in [-0.15, -0.1) is 0 Å². The smallest absolute Gasteiger partial charge is 0.222 e. The second-order valence-corrected chi connectivity index (χ2v) is 5.12. The number of anilines is 1. The first-order valence-corrected chi connectivity index (χ1v) is 6.67. The van der Waals surface area contributed by atoms with Crippen LogP contribution in [0.3, 0.4) is 0 Å². The molecule has 0 aliphatic carbocycles. The molecular weight excluding hydrogens is 256 g/mol. The van der Waals surface area contributed by atoms with Crippen LogP contribution in [0.1, 0.15) is 30.8 Å². The van der Waals surface area contributed by atoms with Crippen LogP contribution in [0.2, 0.25) is 0 Å². The Balaban J connectivity index is 1.98. The fourth-order valence-corrected chi connectivity index (χ4v) is 2.56. The van der Waals surface area contributed by atoms with Gasteiger partial charge in [0, 0.05) is 13.2 Å². The van der Waals surface area contributed by atoms with Crippen LogP contribution in [-0.4, -0.2) is 33.0 Å². The molecule has 2 N–H and O–H groups in total. The highest BCUT2D eigenvalue weighted by Crippen LogP contribution is 2.31. The molecule has 0 bridgehead atoms. The zero-order chi connectivity index (χ0) is 14.1. The summed E-state index contributed by atoms with van der Waals surface area (Å²) in [5.41, 5.74) is 1.12. The van der Waals surface area contributed by atoms with Crippen LogP contribution in [0.5, 0.6) is 5.75 Å². The van der Waals surface area contributed by atoms with Crippen molar-refractivity contribution < 1.29 is 9.84 Å². The summed E-state index contributed by atoms with van der Waals surface area (Å²) in [7, 11) is 1.63. The third kappa shape index (κ3) is 2.34. The third-order valence-corrected chi connectivity index (χ3v) is 3.47. The second kappa shape index (κ2) is 5.13. The van der Waals surface area contributed by atoms with Gasteiger partial charge in [-0.1, -0.05) is 12.1 Å². The van der Waals surface area contributed by atoms with E-state index < -0.39 is 0 Å². The molecule has 2 heterocycles. The monoisotopic (exact) mass is 274 g/mol. The number of hydrogen-bond donors (Lipinski definition) is 2. The number of nitrogens with one attached hydrogen (secondary N) is 1. The van der Waals surface area contributed by atoms with E-state index in [4.69, 9.17) is 4.74 Å². The van der Waals surface area contributed by atoms with E-state index in [1.807, 2.05) is 16.8 Å². The van der Waals surface area contributed by atoms with Gasteiger partial charge in [0.25, 0.3) is 0 Å². The molecule has 3 rings (SSSR count). The maximum atomic E-state index is 9.41. The van der Waals surface area contributed by atoms with Gasteiger partial charge >= 0.3 is 0 Å². The van der Waals surface area contributed by atoms with Crippen LogP contribution in [0.15, 0.2) is 24.3 Å². The van der Waals surface area contributed by atoms with Gasteiger partial charge in [0.15, 0.2) is 5.82 Å². The largest absolute Gasteiger partial charge is 0.508 e. The lowest BCUT2D eigenvalue weighted by Crippen LogP contribution is -2.31. The number of phenols is 1. The van der Waals surface area contributed by atoms with Crippen molar-refractivity contribution in [2.45, 2.75) is 32.0 Å². The Kier molecular flexibility index (Phi) is 3.31. The Morgan fingerprint density at radius 1 is 1.40 bits per heavy atom. The summed E-state index contributed by atoms with van der Waals surface area (Å²) in [6, 6.07) is 7.71. The molecule has 6 nitrogen and oxygen atoms in total. The first kappa shape index (κ1) is 12.9. The van der Waals surface area contributed by atoms with Crippen LogP contribution in [-0.2, 0) is 11.3 Å². The molecule has 20 heavy (non-hydrogen) atoms. The predicted molar refractivity (Wildman–Crippen MR) is 74.7 cm³/mol. The third-order valence-electron chi connectivity index (χ3n) is 3.47. The number of aromatic nitrogens is 3. The zero-order valence-corrected chi connectivity index (χ0v) is 11.6. The van der Waals surface area contributed by atoms with Crippen molar-refractivity contribution in [2.24, 2.45) is 0 Å². The normalized spacial score (nSPS) is 21.3. The maximum Gasteiger partial charge on any atom is 0.222 e. The summed E-state index contributed by atoms with van der Waals surface area (Å²) in [6.07, 6.45) is 0.924. The van der Waals surface area contributed by atoms with E-state index in [0.29, 0.717) is 18.5 Å². The highest BCUT2D eigenvalue weighted by molar-refractivity contribution is 5.36. The summed E-state index contributed by atoms with van der Waals surface area (Å²) >= 11 is 0. The minimum Gasteiger partial charge on any atom is -0.508 e. The Hall–Kier alpha value is -2.08. The van der Waals surface area contributed by atoms with E-state index in [9.17, 15) is 5.11 Å². The molecule has 0 unspecified atom stereocenters. The van der Waals surface area contributed by atoms with Crippen molar-refractivity contribution in [1.29, 1.82) is 0 Å². The lowest BCUT2D eigenvalue weighted by atomic mass is 9.98. The number of rotatable bonds is 3. The summed E-state index contributed by atoms with van der Waals surface area (Å²) in [5.74, 6) is 1.72. The molecule has 6 heteroatoms. The molecule has 0 radical (unpaired) electrons. The van der Waals surface area contributed by atoms with Gasteiger partial charge in [0.1, 0.15) is 12.4 Å². The molecule has 1 aromatic heterocycles. The van der Waals surface area contributed by atoms with Crippen LogP contribution in [0.25, 0.3) is 0 Å². The molecule has 1 aromatic carbocycles. The summed E-state index contributed by atoms with van der Waals surface area (Å²) in [6.45, 7) is 2.53. The van der Waals surface area contributed by atoms with Gasteiger partial charge in [0.05, 0.1) is 6.04 Å². The van der Waals surface area contributed by atoms with E-state index in [1.165, 1.54) is 0 Å². The van der Waals surface area contributed by atoms with E-state index in [-0.39, 0.29) is 11.8 Å². The van der Waals surface area contributed by atoms with Gasteiger partial charge in [0.2, 0.25) is 5.95 Å². The van der Waals surface area contributed by atoms with Gasteiger partial charge in [-0.2, -0.15) is 10.1 Å². The molecular formula is C14H18N4O2. The number of phenolic OH excluding ortho intramolecular Hbond substituents is 1. The zero-order valence-electron chi connectivity index (χ0n) is 11.6. The number of hydrogen-bond acceptors (Lipinski definition) is 5. The second-order valence-electron chi connectivity index (χ2n) is 5.12. The van der Waals surface area contributed by atoms with E-state index in [2.05, 4.69) is 22.3 Å². The highest BCUT2D eigenvalue weighted by Gasteiger charge is 2.28. The van der Waals surface area contributed by atoms with Crippen molar-refractivity contribution in [3.63, 3.8) is 0 Å². The molecule has 2 atom stereocenters. The topological polar surface area (TPSA) is 72.2 Å². The predicted octanol–water partition coefficient (Wildman–Crippen LogP) is 1.92. The van der Waals surface area contributed by atoms with Crippen molar-refractivity contribution in [2.75, 3.05) is 12.4 Å². The Bertz CT molecular complexity index is 594. The van der Waals surface area contributed by atoms with E-state index in [1.54, 1.807) is 19.2 Å². The first-order chi connectivity index (χ1) is 9.67. The Morgan fingerprint density at radius 2 is 2.15 bits per heavy atom. The molecule has 0 saturated carbocycles. The summed E-state index contributed by atoms with van der Waals surface area (Å²) in [5, 5.41) is 17.3. The molecule has 0 fully saturated rings. The summed E-state index contributed by atoms with van der Waals surface area (Å²) in [4.78, 5) is 4.45. The average molecular weight is 274 g/mol. The lowest BCUT2D eigenvalue weighted by molar-refractivity contribution is 0.177. The number of ether oxygens (including phenoxy) is 1. The standard InChI is InChI=1S/C14H18N4O2/c1-9-7-12(10-3-5-11(19)6-4-10)18-14(15-9)16-13(17-18)8-20-2/h3-6,9,12,19H,7-8H2,1-2H3,(H,15,16,17)/t9-,12+/m1/s1. The van der Waals surface area contributed by atoms with Crippen LogP contribution in [0, 0.1) is 0 Å². The maximum absolute atomic E-state index is 9.41. The van der Waals surface area contributed by atoms with E-state index >= 15 is 0 Å². The van der Waals surface area contributed by atoms with Crippen LogP contribution < -0.4 is 5.32 Å².